The van der Waals surface area contributed by atoms with E-state index in [2.05, 4.69) is 9.47 Å². The van der Waals surface area contributed by atoms with Gasteiger partial charge >= 0.3 is 6.16 Å². The Morgan fingerprint density at radius 1 is 1.17 bits per heavy atom. The maximum Gasteiger partial charge on any atom is 0.512 e. The molecule has 0 heterocycles. The van der Waals surface area contributed by atoms with E-state index in [1.54, 1.807) is 13.8 Å². The van der Waals surface area contributed by atoms with E-state index < -0.39 is 18.7 Å². The summed E-state index contributed by atoms with van der Waals surface area (Å²) in [7, 11) is 0. The minimum atomic E-state index is -1.17. The standard InChI is InChI=1S/C7H14O5/c1-3-5(8)11-7(10)12-6(9)4-2/h5-6,8-9H,3-4H2,1-2H3. The Hall–Kier alpha value is -0.810. The maximum atomic E-state index is 10.6. The molecule has 0 aliphatic rings. The Morgan fingerprint density at radius 3 is 1.75 bits per heavy atom. The van der Waals surface area contributed by atoms with Crippen molar-refractivity contribution in [1.29, 1.82) is 0 Å². The molecular weight excluding hydrogens is 164 g/mol. The smallest absolute Gasteiger partial charge is 0.405 e. The highest BCUT2D eigenvalue weighted by Crippen LogP contribution is 1.99. The summed E-state index contributed by atoms with van der Waals surface area (Å²) in [6.45, 7) is 3.29. The van der Waals surface area contributed by atoms with Crippen LogP contribution in [0.15, 0.2) is 0 Å². The van der Waals surface area contributed by atoms with Gasteiger partial charge in [0.15, 0.2) is 0 Å². The molecule has 2 unspecified atom stereocenters. The van der Waals surface area contributed by atoms with Gasteiger partial charge in [0.2, 0.25) is 12.6 Å². The summed E-state index contributed by atoms with van der Waals surface area (Å²) >= 11 is 0. The third-order valence-electron chi connectivity index (χ3n) is 1.16. The second kappa shape index (κ2) is 5.79. The lowest BCUT2D eigenvalue weighted by molar-refractivity contribution is -0.126. The fourth-order valence-corrected chi connectivity index (χ4v) is 0.417. The van der Waals surface area contributed by atoms with Crippen LogP contribution in [0.25, 0.3) is 0 Å². The summed E-state index contributed by atoms with van der Waals surface area (Å²) < 4.78 is 8.61. The van der Waals surface area contributed by atoms with Gasteiger partial charge in [-0.2, -0.15) is 0 Å². The van der Waals surface area contributed by atoms with Crippen molar-refractivity contribution in [2.45, 2.75) is 39.3 Å². The summed E-state index contributed by atoms with van der Waals surface area (Å²) in [5, 5.41) is 17.6. The van der Waals surface area contributed by atoms with Gasteiger partial charge in [-0.25, -0.2) is 4.79 Å². The summed E-state index contributed by atoms with van der Waals surface area (Å²) in [4.78, 5) is 10.6. The molecule has 0 radical (unpaired) electrons. The topological polar surface area (TPSA) is 76.0 Å². The molecule has 2 N–H and O–H groups in total. The second-order valence-corrected chi connectivity index (χ2v) is 2.21. The molecule has 72 valence electrons. The Kier molecular flexibility index (Phi) is 5.40. The first-order valence-corrected chi connectivity index (χ1v) is 3.83. The molecule has 0 aliphatic heterocycles. The zero-order chi connectivity index (χ0) is 9.56. The van der Waals surface area contributed by atoms with Gasteiger partial charge in [0, 0.05) is 12.8 Å². The van der Waals surface area contributed by atoms with E-state index in [0.29, 0.717) is 0 Å². The Bertz CT molecular complexity index is 122. The van der Waals surface area contributed by atoms with Crippen molar-refractivity contribution in [3.63, 3.8) is 0 Å². The summed E-state index contributed by atoms with van der Waals surface area (Å²) in [5.41, 5.74) is 0. The monoisotopic (exact) mass is 178 g/mol. The summed E-state index contributed by atoms with van der Waals surface area (Å²) in [5.74, 6) is 0. The number of hydrogen-bond donors (Lipinski definition) is 2. The lowest BCUT2D eigenvalue weighted by Gasteiger charge is -2.12. The lowest BCUT2D eigenvalue weighted by atomic mass is 10.5. The Morgan fingerprint density at radius 2 is 1.50 bits per heavy atom. The first-order chi connectivity index (χ1) is 5.60. The first-order valence-electron chi connectivity index (χ1n) is 3.83. The average Bonchev–Trinajstić information content (AvgIpc) is 2.03. The predicted octanol–water partition coefficient (Wildman–Crippen LogP) is 0.596. The van der Waals surface area contributed by atoms with Gasteiger partial charge in [-0.15, -0.1) is 0 Å². The minimum absolute atomic E-state index is 0.289. The molecule has 0 aromatic heterocycles. The Labute approximate surface area is 70.9 Å². The van der Waals surface area contributed by atoms with Crippen molar-refractivity contribution >= 4 is 6.16 Å². The molecule has 5 heteroatoms. The third-order valence-corrected chi connectivity index (χ3v) is 1.16. The summed E-state index contributed by atoms with van der Waals surface area (Å²) in [6, 6.07) is 0. The molecule has 12 heavy (non-hydrogen) atoms. The largest absolute Gasteiger partial charge is 0.512 e. The van der Waals surface area contributed by atoms with E-state index in [4.69, 9.17) is 10.2 Å². The summed E-state index contributed by atoms with van der Waals surface area (Å²) in [6.07, 6.45) is -2.81. The van der Waals surface area contributed by atoms with Gasteiger partial charge < -0.3 is 19.7 Å². The maximum absolute atomic E-state index is 10.6. The Balaban J connectivity index is 3.59. The van der Waals surface area contributed by atoms with Gasteiger partial charge in [0.1, 0.15) is 0 Å². The van der Waals surface area contributed by atoms with Gasteiger partial charge in [-0.05, 0) is 0 Å². The molecule has 2 atom stereocenters. The third kappa shape index (κ3) is 4.92. The second-order valence-electron chi connectivity index (χ2n) is 2.21. The lowest BCUT2D eigenvalue weighted by Crippen LogP contribution is -2.22. The van der Waals surface area contributed by atoms with E-state index in [9.17, 15) is 4.79 Å². The molecule has 0 saturated heterocycles. The van der Waals surface area contributed by atoms with Crippen molar-refractivity contribution in [3.8, 4) is 0 Å². The van der Waals surface area contributed by atoms with Crippen LogP contribution in [-0.4, -0.2) is 28.9 Å². The molecule has 0 spiro atoms. The van der Waals surface area contributed by atoms with Crippen LogP contribution in [0, 0.1) is 0 Å². The quantitative estimate of drug-likeness (QED) is 0.487. The zero-order valence-electron chi connectivity index (χ0n) is 7.19. The number of aliphatic hydroxyl groups is 2. The molecule has 0 amide bonds. The van der Waals surface area contributed by atoms with Gasteiger partial charge in [0.05, 0.1) is 0 Å². The van der Waals surface area contributed by atoms with E-state index in [1.165, 1.54) is 0 Å². The van der Waals surface area contributed by atoms with E-state index >= 15 is 0 Å². The molecule has 0 aromatic carbocycles. The van der Waals surface area contributed by atoms with Crippen LogP contribution in [0.5, 0.6) is 0 Å². The highest BCUT2D eigenvalue weighted by molar-refractivity contribution is 5.60. The van der Waals surface area contributed by atoms with Crippen molar-refractivity contribution < 1.29 is 24.5 Å². The molecule has 5 nitrogen and oxygen atoms in total. The SMILES string of the molecule is CCC(O)OC(=O)OC(O)CC. The van der Waals surface area contributed by atoms with E-state index in [-0.39, 0.29) is 12.8 Å². The number of carbonyl (C=O) groups excluding carboxylic acids is 1. The average molecular weight is 178 g/mol. The van der Waals surface area contributed by atoms with E-state index in [0.717, 1.165) is 0 Å². The molecule has 0 fully saturated rings. The van der Waals surface area contributed by atoms with Gasteiger partial charge in [-0.1, -0.05) is 13.8 Å². The molecule has 0 bridgehead atoms. The molecule has 0 saturated carbocycles. The van der Waals surface area contributed by atoms with Crippen LogP contribution in [0.2, 0.25) is 0 Å². The number of carbonyl (C=O) groups is 1. The van der Waals surface area contributed by atoms with Gasteiger partial charge in [0.25, 0.3) is 0 Å². The van der Waals surface area contributed by atoms with Crippen molar-refractivity contribution in [2.24, 2.45) is 0 Å². The molecule has 0 aliphatic carbocycles. The van der Waals surface area contributed by atoms with Gasteiger partial charge in [-0.3, -0.25) is 0 Å². The predicted molar refractivity (Wildman–Crippen MR) is 40.2 cm³/mol. The fourth-order valence-electron chi connectivity index (χ4n) is 0.417. The van der Waals surface area contributed by atoms with Crippen molar-refractivity contribution in [1.82, 2.24) is 0 Å². The number of ether oxygens (including phenoxy) is 2. The zero-order valence-corrected chi connectivity index (χ0v) is 7.19. The number of rotatable bonds is 4. The molecular formula is C7H14O5. The normalized spacial score (nSPS) is 15.0. The van der Waals surface area contributed by atoms with Crippen molar-refractivity contribution in [2.75, 3.05) is 0 Å². The van der Waals surface area contributed by atoms with Crippen LogP contribution in [-0.2, 0) is 9.47 Å². The van der Waals surface area contributed by atoms with Crippen LogP contribution < -0.4 is 0 Å². The van der Waals surface area contributed by atoms with Crippen LogP contribution in [0.4, 0.5) is 4.79 Å². The van der Waals surface area contributed by atoms with Crippen molar-refractivity contribution in [3.05, 3.63) is 0 Å². The fraction of sp³-hybridized carbons (Fsp3) is 0.857. The van der Waals surface area contributed by atoms with Crippen LogP contribution >= 0.6 is 0 Å². The minimum Gasteiger partial charge on any atom is -0.405 e. The molecule has 0 rings (SSSR count). The highest BCUT2D eigenvalue weighted by atomic mass is 16.8. The van der Waals surface area contributed by atoms with Crippen LogP contribution in [0.1, 0.15) is 26.7 Å². The van der Waals surface area contributed by atoms with E-state index in [1.807, 2.05) is 0 Å². The highest BCUT2D eigenvalue weighted by Gasteiger charge is 2.13. The first kappa shape index (κ1) is 11.2. The van der Waals surface area contributed by atoms with Crippen LogP contribution in [0.3, 0.4) is 0 Å². The number of hydrogen-bond acceptors (Lipinski definition) is 5. The number of aliphatic hydroxyl groups excluding tert-OH is 2. The molecule has 0 aromatic rings.